The van der Waals surface area contributed by atoms with Crippen LogP contribution in [0.1, 0.15) is 17.3 Å². The molecule has 94 valence electrons. The summed E-state index contributed by atoms with van der Waals surface area (Å²) in [7, 11) is 0. The molecule has 0 aliphatic heterocycles. The van der Waals surface area contributed by atoms with E-state index in [9.17, 15) is 9.59 Å². The van der Waals surface area contributed by atoms with Crippen molar-refractivity contribution in [3.8, 4) is 10.7 Å². The fourth-order valence-corrected chi connectivity index (χ4v) is 2.49. The monoisotopic (exact) mass is 271 g/mol. The van der Waals surface area contributed by atoms with Gasteiger partial charge in [-0.3, -0.25) is 9.59 Å². The molecular weight excluding hydrogens is 262 g/mol. The second-order valence-electron chi connectivity index (χ2n) is 4.01. The number of Topliss-reactive ketones (excluding diaryl/α,β-unsaturated/α-hetero) is 2. The molecular formula is C13H9N3O2S. The second kappa shape index (κ2) is 4.40. The molecule has 0 saturated heterocycles. The van der Waals surface area contributed by atoms with Crippen molar-refractivity contribution >= 4 is 34.1 Å². The molecule has 3 aromatic rings. The number of thiophene rings is 1. The molecule has 19 heavy (non-hydrogen) atoms. The third-order valence-corrected chi connectivity index (χ3v) is 3.59. The van der Waals surface area contributed by atoms with E-state index in [1.807, 2.05) is 17.5 Å². The number of aromatic nitrogens is 3. The number of ketones is 2. The number of imidazole rings is 1. The number of hydrogen-bond donors (Lipinski definition) is 1. The molecule has 3 heterocycles. The minimum absolute atomic E-state index is 0.313. The Balaban J connectivity index is 2.21. The number of nitrogens with one attached hydrogen (secondary N) is 1. The van der Waals surface area contributed by atoms with Crippen LogP contribution in [0.25, 0.3) is 21.9 Å². The van der Waals surface area contributed by atoms with Crippen LogP contribution in [0, 0.1) is 0 Å². The number of carbonyl (C=O) groups is 2. The Hall–Kier alpha value is -2.34. The lowest BCUT2D eigenvalue weighted by molar-refractivity contribution is -0.113. The smallest absolute Gasteiger partial charge is 0.230 e. The summed E-state index contributed by atoms with van der Waals surface area (Å²) in [6.45, 7) is 1.26. The van der Waals surface area contributed by atoms with Crippen molar-refractivity contribution in [2.75, 3.05) is 0 Å². The van der Waals surface area contributed by atoms with Gasteiger partial charge in [-0.05, 0) is 17.5 Å². The number of carbonyl (C=O) groups excluding carboxylic acids is 2. The van der Waals surface area contributed by atoms with E-state index in [1.165, 1.54) is 30.5 Å². The van der Waals surface area contributed by atoms with E-state index in [0.717, 1.165) is 4.88 Å². The van der Waals surface area contributed by atoms with Crippen LogP contribution in [0.15, 0.2) is 29.8 Å². The van der Waals surface area contributed by atoms with Crippen molar-refractivity contribution in [1.82, 2.24) is 15.0 Å². The van der Waals surface area contributed by atoms with E-state index in [4.69, 9.17) is 0 Å². The molecule has 3 rings (SSSR count). The molecule has 0 amide bonds. The highest BCUT2D eigenvalue weighted by Crippen LogP contribution is 2.25. The highest BCUT2D eigenvalue weighted by Gasteiger charge is 2.18. The SMILES string of the molecule is CC(=O)C(=O)c1ccnc2nc(-c3cccs3)[nH]c12. The van der Waals surface area contributed by atoms with Crippen LogP contribution >= 0.6 is 11.3 Å². The lowest BCUT2D eigenvalue weighted by Crippen LogP contribution is -2.10. The second-order valence-corrected chi connectivity index (χ2v) is 4.95. The largest absolute Gasteiger partial charge is 0.335 e. The van der Waals surface area contributed by atoms with Gasteiger partial charge < -0.3 is 4.98 Å². The molecule has 0 unspecified atom stereocenters. The summed E-state index contributed by atoms with van der Waals surface area (Å²) in [5.41, 5.74) is 1.26. The predicted molar refractivity (Wildman–Crippen MR) is 72.2 cm³/mol. The van der Waals surface area contributed by atoms with Crippen molar-refractivity contribution < 1.29 is 9.59 Å². The average Bonchev–Trinajstić information content (AvgIpc) is 3.05. The number of fused-ring (bicyclic) bond motifs is 1. The molecule has 0 aliphatic rings. The van der Waals surface area contributed by atoms with Gasteiger partial charge in [-0.25, -0.2) is 9.97 Å². The van der Waals surface area contributed by atoms with Crippen LogP contribution in [0.5, 0.6) is 0 Å². The first-order valence-corrected chi connectivity index (χ1v) is 6.48. The van der Waals surface area contributed by atoms with Crippen molar-refractivity contribution in [2.24, 2.45) is 0 Å². The first-order chi connectivity index (χ1) is 9.16. The van der Waals surface area contributed by atoms with Crippen molar-refractivity contribution in [3.05, 3.63) is 35.3 Å². The van der Waals surface area contributed by atoms with E-state index in [2.05, 4.69) is 15.0 Å². The van der Waals surface area contributed by atoms with E-state index in [0.29, 0.717) is 22.6 Å². The summed E-state index contributed by atoms with van der Waals surface area (Å²) in [4.78, 5) is 35.5. The topological polar surface area (TPSA) is 75.7 Å². The lowest BCUT2D eigenvalue weighted by atomic mass is 10.1. The predicted octanol–water partition coefficient (Wildman–Crippen LogP) is 2.46. The van der Waals surface area contributed by atoms with Crippen LogP contribution in [0.3, 0.4) is 0 Å². The molecule has 3 aromatic heterocycles. The molecule has 0 aromatic carbocycles. The molecule has 6 heteroatoms. The first-order valence-electron chi connectivity index (χ1n) is 5.60. The quantitative estimate of drug-likeness (QED) is 0.586. The Labute approximate surface area is 112 Å². The normalized spacial score (nSPS) is 10.8. The minimum atomic E-state index is -0.534. The molecule has 0 spiro atoms. The van der Waals surface area contributed by atoms with Gasteiger partial charge in [0, 0.05) is 13.1 Å². The Morgan fingerprint density at radius 3 is 2.84 bits per heavy atom. The van der Waals surface area contributed by atoms with Crippen LogP contribution in [-0.2, 0) is 4.79 Å². The molecule has 5 nitrogen and oxygen atoms in total. The Morgan fingerprint density at radius 2 is 2.16 bits per heavy atom. The zero-order valence-electron chi connectivity index (χ0n) is 10.0. The maximum atomic E-state index is 11.8. The Kier molecular flexibility index (Phi) is 2.72. The summed E-state index contributed by atoms with van der Waals surface area (Å²) in [6, 6.07) is 5.37. The Morgan fingerprint density at radius 1 is 1.32 bits per heavy atom. The maximum Gasteiger partial charge on any atom is 0.230 e. The van der Waals surface area contributed by atoms with E-state index in [1.54, 1.807) is 0 Å². The van der Waals surface area contributed by atoms with Crippen LogP contribution in [-0.4, -0.2) is 26.5 Å². The summed E-state index contributed by atoms with van der Waals surface area (Å²) < 4.78 is 0. The van der Waals surface area contributed by atoms with Gasteiger partial charge in [0.15, 0.2) is 17.3 Å². The third-order valence-electron chi connectivity index (χ3n) is 2.71. The summed E-state index contributed by atoms with van der Waals surface area (Å²) in [5, 5.41) is 1.94. The number of H-pyrrole nitrogens is 1. The van der Waals surface area contributed by atoms with Crippen LogP contribution in [0.2, 0.25) is 0 Å². The van der Waals surface area contributed by atoms with Gasteiger partial charge in [0.2, 0.25) is 5.78 Å². The number of rotatable bonds is 3. The lowest BCUT2D eigenvalue weighted by Gasteiger charge is -1.97. The number of hydrogen-bond acceptors (Lipinski definition) is 5. The first kappa shape index (κ1) is 11.7. The van der Waals surface area contributed by atoms with Crippen molar-refractivity contribution in [3.63, 3.8) is 0 Å². The van der Waals surface area contributed by atoms with Gasteiger partial charge in [0.05, 0.1) is 16.0 Å². The summed E-state index contributed by atoms with van der Waals surface area (Å²) in [6.07, 6.45) is 1.48. The number of nitrogens with zero attached hydrogens (tertiary/aromatic N) is 2. The molecule has 0 atom stereocenters. The third kappa shape index (κ3) is 1.96. The van der Waals surface area contributed by atoms with Crippen molar-refractivity contribution in [2.45, 2.75) is 6.92 Å². The van der Waals surface area contributed by atoms with Crippen molar-refractivity contribution in [1.29, 1.82) is 0 Å². The van der Waals surface area contributed by atoms with Crippen LogP contribution in [0.4, 0.5) is 0 Å². The van der Waals surface area contributed by atoms with Gasteiger partial charge in [-0.2, -0.15) is 0 Å². The number of pyridine rings is 1. The van der Waals surface area contributed by atoms with Crippen LogP contribution < -0.4 is 0 Å². The van der Waals surface area contributed by atoms with Gasteiger partial charge in [-0.15, -0.1) is 11.3 Å². The molecule has 0 radical (unpaired) electrons. The zero-order valence-corrected chi connectivity index (χ0v) is 10.8. The molecule has 0 saturated carbocycles. The molecule has 0 aliphatic carbocycles. The van der Waals surface area contributed by atoms with E-state index < -0.39 is 11.6 Å². The summed E-state index contributed by atoms with van der Waals surface area (Å²) in [5.74, 6) is -0.380. The molecule has 1 N–H and O–H groups in total. The highest BCUT2D eigenvalue weighted by atomic mass is 32.1. The Bertz CT molecular complexity index is 774. The maximum absolute atomic E-state index is 11.8. The molecule has 0 fully saturated rings. The molecule has 0 bridgehead atoms. The van der Waals surface area contributed by atoms with E-state index >= 15 is 0 Å². The summed E-state index contributed by atoms with van der Waals surface area (Å²) >= 11 is 1.54. The fourth-order valence-electron chi connectivity index (χ4n) is 1.82. The van der Waals surface area contributed by atoms with E-state index in [-0.39, 0.29) is 0 Å². The zero-order chi connectivity index (χ0) is 13.4. The minimum Gasteiger partial charge on any atom is -0.335 e. The van der Waals surface area contributed by atoms with Gasteiger partial charge in [0.1, 0.15) is 0 Å². The van der Waals surface area contributed by atoms with Gasteiger partial charge >= 0.3 is 0 Å². The average molecular weight is 271 g/mol. The highest BCUT2D eigenvalue weighted by molar-refractivity contribution is 7.13. The van der Waals surface area contributed by atoms with Gasteiger partial charge in [-0.1, -0.05) is 6.07 Å². The number of aromatic amines is 1. The standard InChI is InChI=1S/C13H9N3O2S/c1-7(17)11(18)8-4-5-14-13-10(8)15-12(16-13)9-3-2-6-19-9/h2-6H,1H3,(H,14,15,16). The van der Waals surface area contributed by atoms with Gasteiger partial charge in [0.25, 0.3) is 0 Å². The fraction of sp³-hybridized carbons (Fsp3) is 0.0769.